The van der Waals surface area contributed by atoms with E-state index in [1.807, 2.05) is 0 Å². The molecule has 0 unspecified atom stereocenters. The van der Waals surface area contributed by atoms with Crippen LogP contribution >= 0.6 is 0 Å². The van der Waals surface area contributed by atoms with Crippen molar-refractivity contribution in [2.75, 3.05) is 20.3 Å². The van der Waals surface area contributed by atoms with Crippen molar-refractivity contribution < 1.29 is 18.3 Å². The fourth-order valence-corrected chi connectivity index (χ4v) is 1.71. The first kappa shape index (κ1) is 15.4. The Morgan fingerprint density at radius 3 is 2.86 bits per heavy atom. The minimum absolute atomic E-state index is 0.0448. The second-order valence-corrected chi connectivity index (χ2v) is 4.44. The third-order valence-electron chi connectivity index (χ3n) is 2.73. The monoisotopic (exact) mass is 295 g/mol. The average molecular weight is 295 g/mol. The van der Waals surface area contributed by atoms with Crippen molar-refractivity contribution in [3.8, 4) is 5.75 Å². The van der Waals surface area contributed by atoms with Crippen LogP contribution in [0.15, 0.2) is 22.6 Å². The van der Waals surface area contributed by atoms with E-state index in [9.17, 15) is 4.39 Å². The molecule has 0 radical (unpaired) electrons. The van der Waals surface area contributed by atoms with Gasteiger partial charge in [-0.25, -0.2) is 4.39 Å². The maximum absolute atomic E-state index is 13.9. The lowest BCUT2D eigenvalue weighted by molar-refractivity contribution is 0.199. The Kier molecular flexibility index (Phi) is 5.65. The van der Waals surface area contributed by atoms with Gasteiger partial charge in [0.25, 0.3) is 5.89 Å². The number of benzene rings is 1. The van der Waals surface area contributed by atoms with Crippen molar-refractivity contribution in [2.24, 2.45) is 0 Å². The molecule has 7 heteroatoms. The Balaban J connectivity index is 1.86. The number of hydrogen-bond donors (Lipinski definition) is 1. The smallest absolute Gasteiger partial charge is 0.253 e. The number of nitrogens with one attached hydrogen (secondary N) is 1. The van der Waals surface area contributed by atoms with Gasteiger partial charge in [-0.15, -0.1) is 10.2 Å². The standard InChI is InChI=1S/C14H18FN3O3/c1-10-17-18-14(21-10)9-20-13-4-3-11(7-12(13)15)8-16-5-6-19-2/h3-4,7,16H,5-6,8-9H2,1-2H3. The molecule has 2 aromatic rings. The van der Waals surface area contributed by atoms with E-state index in [1.54, 1.807) is 26.2 Å². The predicted octanol–water partition coefficient (Wildman–Crippen LogP) is 1.83. The second kappa shape index (κ2) is 7.70. The number of rotatable bonds is 8. The highest BCUT2D eigenvalue weighted by molar-refractivity contribution is 5.29. The van der Waals surface area contributed by atoms with E-state index in [0.717, 1.165) is 5.56 Å². The molecule has 1 aromatic carbocycles. The highest BCUT2D eigenvalue weighted by Crippen LogP contribution is 2.19. The molecule has 6 nitrogen and oxygen atoms in total. The van der Waals surface area contributed by atoms with Gasteiger partial charge in [0.15, 0.2) is 18.2 Å². The summed E-state index contributed by atoms with van der Waals surface area (Å²) in [4.78, 5) is 0. The molecule has 2 rings (SSSR count). The van der Waals surface area contributed by atoms with Gasteiger partial charge in [0, 0.05) is 27.1 Å². The average Bonchev–Trinajstić information content (AvgIpc) is 2.88. The lowest BCUT2D eigenvalue weighted by Gasteiger charge is -2.08. The van der Waals surface area contributed by atoms with E-state index in [0.29, 0.717) is 31.5 Å². The highest BCUT2D eigenvalue weighted by atomic mass is 19.1. The Labute approximate surface area is 122 Å². The summed E-state index contributed by atoms with van der Waals surface area (Å²) in [5.74, 6) is 0.507. The van der Waals surface area contributed by atoms with Gasteiger partial charge >= 0.3 is 0 Å². The third kappa shape index (κ3) is 4.80. The Morgan fingerprint density at radius 1 is 1.33 bits per heavy atom. The van der Waals surface area contributed by atoms with Crippen LogP contribution in [0.3, 0.4) is 0 Å². The molecule has 0 saturated carbocycles. The zero-order valence-electron chi connectivity index (χ0n) is 12.1. The SMILES string of the molecule is COCCNCc1ccc(OCc2nnc(C)o2)c(F)c1. The van der Waals surface area contributed by atoms with Crippen LogP contribution in [0.4, 0.5) is 4.39 Å². The summed E-state index contributed by atoms with van der Waals surface area (Å²) in [7, 11) is 1.64. The van der Waals surface area contributed by atoms with Crippen LogP contribution in [-0.4, -0.2) is 30.5 Å². The normalized spacial score (nSPS) is 10.8. The van der Waals surface area contributed by atoms with Crippen molar-refractivity contribution in [2.45, 2.75) is 20.1 Å². The molecular weight excluding hydrogens is 277 g/mol. The largest absolute Gasteiger partial charge is 0.481 e. The van der Waals surface area contributed by atoms with Crippen LogP contribution in [0.2, 0.25) is 0 Å². The summed E-state index contributed by atoms with van der Waals surface area (Å²) >= 11 is 0. The van der Waals surface area contributed by atoms with Crippen molar-refractivity contribution in [1.29, 1.82) is 0 Å². The first-order valence-corrected chi connectivity index (χ1v) is 6.59. The van der Waals surface area contributed by atoms with Gasteiger partial charge in [-0.3, -0.25) is 0 Å². The molecule has 0 bridgehead atoms. The van der Waals surface area contributed by atoms with E-state index >= 15 is 0 Å². The van der Waals surface area contributed by atoms with Gasteiger partial charge in [0.05, 0.1) is 6.61 Å². The summed E-state index contributed by atoms with van der Waals surface area (Å²) in [5, 5.41) is 10.6. The molecular formula is C14H18FN3O3. The van der Waals surface area contributed by atoms with E-state index in [1.165, 1.54) is 6.07 Å². The molecule has 0 amide bonds. The van der Waals surface area contributed by atoms with Crippen LogP contribution in [-0.2, 0) is 17.9 Å². The first-order valence-electron chi connectivity index (χ1n) is 6.59. The van der Waals surface area contributed by atoms with Gasteiger partial charge < -0.3 is 19.2 Å². The van der Waals surface area contributed by atoms with Crippen molar-refractivity contribution >= 4 is 0 Å². The lowest BCUT2D eigenvalue weighted by Crippen LogP contribution is -2.18. The minimum Gasteiger partial charge on any atom is -0.481 e. The number of ether oxygens (including phenoxy) is 2. The van der Waals surface area contributed by atoms with Crippen LogP contribution in [0.25, 0.3) is 0 Å². The Morgan fingerprint density at radius 2 is 2.19 bits per heavy atom. The van der Waals surface area contributed by atoms with Crippen LogP contribution in [0, 0.1) is 12.7 Å². The number of halogens is 1. The molecule has 114 valence electrons. The summed E-state index contributed by atoms with van der Waals surface area (Å²) < 4.78 is 29.3. The van der Waals surface area contributed by atoms with E-state index < -0.39 is 5.82 Å². The molecule has 21 heavy (non-hydrogen) atoms. The zero-order chi connectivity index (χ0) is 15.1. The van der Waals surface area contributed by atoms with Crippen LogP contribution in [0.1, 0.15) is 17.3 Å². The molecule has 0 aliphatic heterocycles. The Hall–Kier alpha value is -1.99. The van der Waals surface area contributed by atoms with Crippen LogP contribution < -0.4 is 10.1 Å². The number of hydrogen-bond acceptors (Lipinski definition) is 6. The van der Waals surface area contributed by atoms with Crippen molar-refractivity contribution in [1.82, 2.24) is 15.5 Å². The fourth-order valence-electron chi connectivity index (χ4n) is 1.71. The molecule has 1 N–H and O–H groups in total. The molecule has 0 saturated heterocycles. The van der Waals surface area contributed by atoms with Gasteiger partial charge in [-0.2, -0.15) is 0 Å². The maximum atomic E-state index is 13.9. The minimum atomic E-state index is -0.419. The maximum Gasteiger partial charge on any atom is 0.253 e. The number of aryl methyl sites for hydroxylation is 1. The van der Waals surface area contributed by atoms with E-state index in [2.05, 4.69) is 15.5 Å². The summed E-state index contributed by atoms with van der Waals surface area (Å²) in [6, 6.07) is 4.83. The number of aromatic nitrogens is 2. The Bertz CT molecular complexity index is 574. The van der Waals surface area contributed by atoms with Gasteiger partial charge in [-0.05, 0) is 17.7 Å². The summed E-state index contributed by atoms with van der Waals surface area (Å²) in [6.07, 6.45) is 0. The zero-order valence-corrected chi connectivity index (χ0v) is 12.1. The molecule has 1 aromatic heterocycles. The van der Waals surface area contributed by atoms with Crippen LogP contribution in [0.5, 0.6) is 5.75 Å². The molecule has 0 fully saturated rings. The number of nitrogens with zero attached hydrogens (tertiary/aromatic N) is 2. The molecule has 0 spiro atoms. The van der Waals surface area contributed by atoms with Gasteiger partial charge in [0.1, 0.15) is 0 Å². The van der Waals surface area contributed by atoms with Gasteiger partial charge in [0.2, 0.25) is 5.89 Å². The second-order valence-electron chi connectivity index (χ2n) is 4.44. The molecule has 0 aliphatic carbocycles. The molecule has 1 heterocycles. The van der Waals surface area contributed by atoms with Crippen molar-refractivity contribution in [3.63, 3.8) is 0 Å². The summed E-state index contributed by atoms with van der Waals surface area (Å²) in [6.45, 7) is 3.63. The first-order chi connectivity index (χ1) is 10.2. The predicted molar refractivity (Wildman–Crippen MR) is 73.3 cm³/mol. The van der Waals surface area contributed by atoms with E-state index in [-0.39, 0.29) is 12.4 Å². The molecule has 0 aliphatic rings. The highest BCUT2D eigenvalue weighted by Gasteiger charge is 2.08. The third-order valence-corrected chi connectivity index (χ3v) is 2.73. The van der Waals surface area contributed by atoms with Crippen molar-refractivity contribution in [3.05, 3.63) is 41.4 Å². The van der Waals surface area contributed by atoms with Gasteiger partial charge in [-0.1, -0.05) is 6.07 Å². The quantitative estimate of drug-likeness (QED) is 0.749. The number of methoxy groups -OCH3 is 1. The van der Waals surface area contributed by atoms with E-state index in [4.69, 9.17) is 13.9 Å². The fraction of sp³-hybridized carbons (Fsp3) is 0.429. The lowest BCUT2D eigenvalue weighted by atomic mass is 10.2. The summed E-state index contributed by atoms with van der Waals surface area (Å²) in [5.41, 5.74) is 0.838. The topological polar surface area (TPSA) is 69.4 Å². The molecule has 0 atom stereocenters.